The molecule has 13 heteroatoms. The summed E-state index contributed by atoms with van der Waals surface area (Å²) in [5, 5.41) is 1.91. The first-order chi connectivity index (χ1) is 18.5. The smallest absolute Gasteiger partial charge is 0.330 e. The minimum Gasteiger partial charge on any atom is -0.495 e. The van der Waals surface area contributed by atoms with Crippen LogP contribution in [0.4, 0.5) is 5.69 Å². The van der Waals surface area contributed by atoms with E-state index in [1.54, 1.807) is 42.5 Å². The first-order valence-electron chi connectivity index (χ1n) is 11.1. The van der Waals surface area contributed by atoms with Gasteiger partial charge in [-0.2, -0.15) is 0 Å². The molecule has 0 radical (unpaired) electrons. The maximum absolute atomic E-state index is 13.4. The fourth-order valence-electron chi connectivity index (χ4n) is 3.96. The average molecular weight is 631 g/mol. The van der Waals surface area contributed by atoms with Gasteiger partial charge in [0.15, 0.2) is 6.61 Å². The van der Waals surface area contributed by atoms with Gasteiger partial charge in [-0.1, -0.05) is 88.3 Å². The van der Waals surface area contributed by atoms with Crippen LogP contribution >= 0.6 is 58.0 Å². The van der Waals surface area contributed by atoms with Gasteiger partial charge >= 0.3 is 5.97 Å². The van der Waals surface area contributed by atoms with Crippen LogP contribution in [0, 0.1) is 0 Å². The lowest BCUT2D eigenvalue weighted by Gasteiger charge is -2.24. The molecule has 3 amide bonds. The quantitative estimate of drug-likeness (QED) is 0.135. The van der Waals surface area contributed by atoms with Gasteiger partial charge in [-0.05, 0) is 23.8 Å². The maximum atomic E-state index is 13.4. The van der Waals surface area contributed by atoms with E-state index in [-0.39, 0.29) is 43.3 Å². The Morgan fingerprint density at radius 1 is 0.872 bits per heavy atom. The Kier molecular flexibility index (Phi) is 8.93. The van der Waals surface area contributed by atoms with E-state index in [9.17, 15) is 19.2 Å². The van der Waals surface area contributed by atoms with Gasteiger partial charge in [-0.15, -0.1) is 0 Å². The van der Waals surface area contributed by atoms with Crippen LogP contribution in [0.15, 0.2) is 48.5 Å². The average Bonchev–Trinajstić information content (AvgIpc) is 3.18. The molecule has 0 fully saturated rings. The number of nitrogens with zero attached hydrogens (tertiary/aromatic N) is 1. The standard InChI is InChI=1S/C26H17Cl5N2O6/c1-38-16-8-7-13(27)10-14(16)32-17(34)11-39-26(37)15(9-12-5-3-2-4-6-12)33-24(35)18-19(25(33)36)21(29)23(31)22(30)20(18)28/h2-8,10,15H,9,11H2,1H3,(H,32,34)/t15-/m1/s1. The normalized spacial score (nSPS) is 13.2. The number of carbonyl (C=O) groups excluding carboxylic acids is 4. The van der Waals surface area contributed by atoms with Crippen molar-refractivity contribution in [3.05, 3.63) is 90.3 Å². The molecule has 39 heavy (non-hydrogen) atoms. The van der Waals surface area contributed by atoms with Crippen molar-refractivity contribution in [3.8, 4) is 5.75 Å². The molecule has 3 aromatic rings. The number of ether oxygens (including phenoxy) is 2. The van der Waals surface area contributed by atoms with Crippen LogP contribution in [0.25, 0.3) is 0 Å². The summed E-state index contributed by atoms with van der Waals surface area (Å²) in [6.45, 7) is -0.734. The van der Waals surface area contributed by atoms with E-state index in [4.69, 9.17) is 67.5 Å². The first kappa shape index (κ1) is 29.0. The van der Waals surface area contributed by atoms with Gasteiger partial charge in [-0.3, -0.25) is 19.3 Å². The molecule has 4 rings (SSSR count). The fraction of sp³-hybridized carbons (Fsp3) is 0.154. The highest BCUT2D eigenvalue weighted by atomic mass is 35.5. The van der Waals surface area contributed by atoms with Crippen LogP contribution in [0.2, 0.25) is 25.1 Å². The number of rotatable bonds is 8. The van der Waals surface area contributed by atoms with Crippen molar-refractivity contribution in [1.29, 1.82) is 0 Å². The highest BCUT2D eigenvalue weighted by molar-refractivity contribution is 6.55. The number of fused-ring (bicyclic) bond motifs is 1. The molecule has 0 aliphatic carbocycles. The largest absolute Gasteiger partial charge is 0.495 e. The van der Waals surface area contributed by atoms with Gasteiger partial charge < -0.3 is 14.8 Å². The minimum absolute atomic E-state index is 0.119. The first-order valence-corrected chi connectivity index (χ1v) is 13.0. The van der Waals surface area contributed by atoms with Crippen molar-refractivity contribution >= 4 is 87.4 Å². The van der Waals surface area contributed by atoms with Crippen LogP contribution < -0.4 is 10.1 Å². The molecule has 8 nitrogen and oxygen atoms in total. The van der Waals surface area contributed by atoms with Crippen molar-refractivity contribution < 1.29 is 28.7 Å². The summed E-state index contributed by atoms with van der Waals surface area (Å²) < 4.78 is 10.4. The van der Waals surface area contributed by atoms with Crippen molar-refractivity contribution in [2.75, 3.05) is 19.0 Å². The van der Waals surface area contributed by atoms with Gasteiger partial charge in [0.1, 0.15) is 11.8 Å². The molecule has 1 atom stereocenters. The number of carbonyl (C=O) groups is 4. The molecular weight excluding hydrogens is 614 g/mol. The van der Waals surface area contributed by atoms with Crippen molar-refractivity contribution in [2.45, 2.75) is 12.5 Å². The molecule has 0 spiro atoms. The number of hydrogen-bond donors (Lipinski definition) is 1. The van der Waals surface area contributed by atoms with Gasteiger partial charge in [0, 0.05) is 11.4 Å². The van der Waals surface area contributed by atoms with E-state index in [0.717, 1.165) is 0 Å². The summed E-state index contributed by atoms with van der Waals surface area (Å²) in [4.78, 5) is 53.4. The zero-order valence-electron chi connectivity index (χ0n) is 19.9. The highest BCUT2D eigenvalue weighted by Crippen LogP contribution is 2.45. The molecule has 1 aliphatic rings. The fourth-order valence-corrected chi connectivity index (χ4v) is 5.15. The molecule has 0 aromatic heterocycles. The Hall–Kier alpha value is -3.01. The zero-order valence-corrected chi connectivity index (χ0v) is 23.7. The van der Waals surface area contributed by atoms with E-state index in [1.165, 1.54) is 13.2 Å². The topological polar surface area (TPSA) is 102 Å². The number of methoxy groups -OCH3 is 1. The maximum Gasteiger partial charge on any atom is 0.330 e. The van der Waals surface area contributed by atoms with Crippen LogP contribution in [0.1, 0.15) is 26.3 Å². The van der Waals surface area contributed by atoms with E-state index in [2.05, 4.69) is 5.32 Å². The number of esters is 1. The molecule has 1 aliphatic heterocycles. The lowest BCUT2D eigenvalue weighted by molar-refractivity contribution is -0.151. The third-order valence-electron chi connectivity index (χ3n) is 5.77. The summed E-state index contributed by atoms with van der Waals surface area (Å²) in [7, 11) is 1.41. The molecule has 0 saturated heterocycles. The van der Waals surface area contributed by atoms with Gasteiger partial charge in [-0.25, -0.2) is 4.79 Å². The summed E-state index contributed by atoms with van der Waals surface area (Å²) in [5.41, 5.74) is 0.304. The Morgan fingerprint density at radius 3 is 2.03 bits per heavy atom. The number of benzene rings is 3. The van der Waals surface area contributed by atoms with Crippen LogP contribution in [-0.4, -0.2) is 48.3 Å². The summed E-state index contributed by atoms with van der Waals surface area (Å²) in [6.07, 6.45) is -0.119. The predicted octanol–water partition coefficient (Wildman–Crippen LogP) is 6.35. The van der Waals surface area contributed by atoms with Gasteiger partial charge in [0.2, 0.25) is 0 Å². The molecule has 1 heterocycles. The molecule has 1 N–H and O–H groups in total. The second-order valence-corrected chi connectivity index (χ2v) is 10.1. The number of nitrogens with one attached hydrogen (secondary N) is 1. The lowest BCUT2D eigenvalue weighted by atomic mass is 10.0. The van der Waals surface area contributed by atoms with Crippen LogP contribution in [0.3, 0.4) is 0 Å². The zero-order chi connectivity index (χ0) is 28.4. The van der Waals surface area contributed by atoms with E-state index in [1.807, 2.05) is 0 Å². The van der Waals surface area contributed by atoms with E-state index >= 15 is 0 Å². The number of amides is 3. The van der Waals surface area contributed by atoms with E-state index in [0.29, 0.717) is 21.2 Å². The third-order valence-corrected chi connectivity index (χ3v) is 7.81. The van der Waals surface area contributed by atoms with Crippen molar-refractivity contribution in [3.63, 3.8) is 0 Å². The lowest BCUT2D eigenvalue weighted by Crippen LogP contribution is -2.47. The number of anilines is 1. The Labute approximate surface area is 247 Å². The van der Waals surface area contributed by atoms with Gasteiger partial charge in [0.05, 0.1) is 44.0 Å². The highest BCUT2D eigenvalue weighted by Gasteiger charge is 2.47. The summed E-state index contributed by atoms with van der Waals surface area (Å²) in [5.74, 6) is -3.23. The summed E-state index contributed by atoms with van der Waals surface area (Å²) in [6, 6.07) is 11.7. The Balaban J connectivity index is 1.61. The third kappa shape index (κ3) is 5.81. The van der Waals surface area contributed by atoms with Crippen LogP contribution in [-0.2, 0) is 20.7 Å². The Morgan fingerprint density at radius 2 is 1.46 bits per heavy atom. The predicted molar refractivity (Wildman–Crippen MR) is 149 cm³/mol. The molecular formula is C26H17Cl5N2O6. The second kappa shape index (κ2) is 12.0. The van der Waals surface area contributed by atoms with Crippen molar-refractivity contribution in [1.82, 2.24) is 4.90 Å². The van der Waals surface area contributed by atoms with Gasteiger partial charge in [0.25, 0.3) is 17.7 Å². The van der Waals surface area contributed by atoms with Crippen molar-refractivity contribution in [2.24, 2.45) is 0 Å². The monoisotopic (exact) mass is 628 g/mol. The molecule has 3 aromatic carbocycles. The number of halogens is 5. The molecule has 202 valence electrons. The van der Waals surface area contributed by atoms with Crippen LogP contribution in [0.5, 0.6) is 5.75 Å². The summed E-state index contributed by atoms with van der Waals surface area (Å²) >= 11 is 30.7. The Bertz CT molecular complexity index is 1450. The SMILES string of the molecule is COc1ccc(Cl)cc1NC(=O)COC(=O)[C@@H](Cc1ccccc1)N1C(=O)c2c(Cl)c(Cl)c(Cl)c(Cl)c2C1=O. The minimum atomic E-state index is -1.47. The number of hydrogen-bond acceptors (Lipinski definition) is 6. The molecule has 0 saturated carbocycles. The van der Waals surface area contributed by atoms with E-state index < -0.39 is 36.3 Å². The molecule has 0 bridgehead atoms. The molecule has 0 unspecified atom stereocenters. The second-order valence-electron chi connectivity index (χ2n) is 8.19. The number of imide groups is 1.